The molecule has 0 bridgehead atoms. The minimum absolute atomic E-state index is 0.0436. The van der Waals surface area contributed by atoms with E-state index in [4.69, 9.17) is 0 Å². The van der Waals surface area contributed by atoms with Crippen LogP contribution in [0.15, 0.2) is 102 Å². The number of rotatable bonds is 2. The van der Waals surface area contributed by atoms with E-state index < -0.39 is 0 Å². The predicted molar refractivity (Wildman–Crippen MR) is 192 cm³/mol. The van der Waals surface area contributed by atoms with Crippen molar-refractivity contribution in [2.45, 2.75) is 32.6 Å². The van der Waals surface area contributed by atoms with Gasteiger partial charge in [-0.1, -0.05) is 52.3 Å². The lowest BCUT2D eigenvalue weighted by Gasteiger charge is -2.30. The molecule has 4 aromatic carbocycles. The van der Waals surface area contributed by atoms with Gasteiger partial charge in [-0.05, 0) is 97.8 Å². The van der Waals surface area contributed by atoms with E-state index in [1.54, 1.807) is 34.3 Å². The Labute approximate surface area is 286 Å². The van der Waals surface area contributed by atoms with Gasteiger partial charge in [0.25, 0.3) is 11.8 Å². The molecule has 2 aliphatic heterocycles. The van der Waals surface area contributed by atoms with Crippen molar-refractivity contribution in [1.82, 2.24) is 9.97 Å². The Hall–Kier alpha value is -5.28. The first kappa shape index (κ1) is 31.3. The van der Waals surface area contributed by atoms with Gasteiger partial charge in [-0.15, -0.1) is 0 Å². The molecule has 4 heterocycles. The number of hydrogen-bond acceptors (Lipinski definition) is 6. The fourth-order valence-electron chi connectivity index (χ4n) is 6.57. The average molecular weight is 702 g/mol. The monoisotopic (exact) mass is 700 g/mol. The molecular weight excluding hydrogens is 668 g/mol. The van der Waals surface area contributed by atoms with E-state index in [1.165, 1.54) is 5.56 Å². The minimum Gasteiger partial charge on any atom is -0.505 e. The van der Waals surface area contributed by atoms with Crippen molar-refractivity contribution in [3.8, 4) is 11.5 Å². The number of halogens is 1. The number of benzene rings is 4. The molecule has 0 saturated carbocycles. The number of anilines is 2. The highest BCUT2D eigenvalue weighted by Crippen LogP contribution is 2.35. The maximum atomic E-state index is 13.1. The Kier molecular flexibility index (Phi) is 8.54. The van der Waals surface area contributed by atoms with Gasteiger partial charge in [-0.3, -0.25) is 19.6 Å². The summed E-state index contributed by atoms with van der Waals surface area (Å²) in [6.07, 6.45) is 6.99. The van der Waals surface area contributed by atoms with E-state index in [2.05, 4.69) is 44.1 Å². The van der Waals surface area contributed by atoms with Crippen LogP contribution >= 0.6 is 15.9 Å². The minimum atomic E-state index is -0.191. The third-order valence-electron chi connectivity index (χ3n) is 8.97. The van der Waals surface area contributed by atoms with Gasteiger partial charge >= 0.3 is 0 Å². The zero-order valence-corrected chi connectivity index (χ0v) is 27.9. The number of nitrogens with zero attached hydrogens (tertiary/aromatic N) is 4. The lowest BCUT2D eigenvalue weighted by molar-refractivity contribution is 0.0974. The zero-order valence-electron chi connectivity index (χ0n) is 26.4. The van der Waals surface area contributed by atoms with E-state index in [1.807, 2.05) is 61.5 Å². The largest absolute Gasteiger partial charge is 0.505 e. The molecule has 9 heteroatoms. The highest BCUT2D eigenvalue weighted by molar-refractivity contribution is 9.10. The van der Waals surface area contributed by atoms with Crippen LogP contribution in [-0.4, -0.2) is 45.1 Å². The molecule has 2 aromatic heterocycles. The molecule has 6 aromatic rings. The summed E-state index contributed by atoms with van der Waals surface area (Å²) in [7, 11) is 0. The van der Waals surface area contributed by atoms with Crippen LogP contribution in [0.2, 0.25) is 0 Å². The van der Waals surface area contributed by atoms with E-state index >= 15 is 0 Å². The topological polar surface area (TPSA) is 107 Å². The fraction of sp³-hybridized carbons (Fsp3) is 0.179. The number of phenols is 2. The summed E-state index contributed by atoms with van der Waals surface area (Å²) < 4.78 is 1.01. The van der Waals surface area contributed by atoms with Crippen LogP contribution in [0.3, 0.4) is 0 Å². The molecule has 0 aliphatic carbocycles. The second-order valence-corrected chi connectivity index (χ2v) is 13.0. The van der Waals surface area contributed by atoms with Crippen LogP contribution in [0.4, 0.5) is 11.4 Å². The molecule has 48 heavy (non-hydrogen) atoms. The van der Waals surface area contributed by atoms with Crippen molar-refractivity contribution in [2.75, 3.05) is 22.9 Å². The summed E-state index contributed by atoms with van der Waals surface area (Å²) in [6.45, 7) is 3.33. The number of carbonyl (C=O) groups is 2. The van der Waals surface area contributed by atoms with E-state index in [0.717, 1.165) is 63.4 Å². The Bertz CT molecular complexity index is 2220. The number of pyridine rings is 2. The molecule has 240 valence electrons. The predicted octanol–water partition coefficient (Wildman–Crippen LogP) is 8.14. The molecule has 8 nitrogen and oxygen atoms in total. The van der Waals surface area contributed by atoms with Crippen molar-refractivity contribution < 1.29 is 19.8 Å². The molecule has 0 fully saturated rings. The molecule has 0 unspecified atom stereocenters. The number of carbonyl (C=O) groups excluding carboxylic acids is 2. The molecular formula is C39H33BrN4O4. The van der Waals surface area contributed by atoms with Crippen LogP contribution in [0, 0.1) is 6.92 Å². The maximum absolute atomic E-state index is 13.1. The second-order valence-electron chi connectivity index (χ2n) is 12.1. The van der Waals surface area contributed by atoms with Gasteiger partial charge in [0.15, 0.2) is 11.5 Å². The van der Waals surface area contributed by atoms with Gasteiger partial charge in [0, 0.05) is 52.1 Å². The summed E-state index contributed by atoms with van der Waals surface area (Å²) >= 11 is 3.48. The first-order valence-electron chi connectivity index (χ1n) is 16.0. The van der Waals surface area contributed by atoms with Gasteiger partial charge in [-0.25, -0.2) is 0 Å². The Morgan fingerprint density at radius 2 is 1.23 bits per heavy atom. The molecule has 2 N–H and O–H groups in total. The highest BCUT2D eigenvalue weighted by Gasteiger charge is 2.28. The quantitative estimate of drug-likeness (QED) is 0.189. The van der Waals surface area contributed by atoms with Gasteiger partial charge < -0.3 is 20.0 Å². The highest BCUT2D eigenvalue weighted by atomic mass is 79.9. The van der Waals surface area contributed by atoms with Crippen LogP contribution in [0.25, 0.3) is 21.8 Å². The second kappa shape index (κ2) is 13.1. The number of amides is 2. The van der Waals surface area contributed by atoms with Gasteiger partial charge in [0.2, 0.25) is 0 Å². The Balaban J connectivity index is 0.000000152. The maximum Gasteiger partial charge on any atom is 0.262 e. The van der Waals surface area contributed by atoms with Gasteiger partial charge in [-0.2, -0.15) is 0 Å². The number of fused-ring (bicyclic) bond motifs is 4. The number of aromatic hydroxyl groups is 2. The number of aryl methyl sites for hydroxylation is 3. The smallest absolute Gasteiger partial charge is 0.262 e. The van der Waals surface area contributed by atoms with Gasteiger partial charge in [0.05, 0.1) is 11.1 Å². The van der Waals surface area contributed by atoms with Crippen LogP contribution in [-0.2, 0) is 12.8 Å². The summed E-state index contributed by atoms with van der Waals surface area (Å²) in [5.74, 6) is -0.463. The van der Waals surface area contributed by atoms with Crippen molar-refractivity contribution in [2.24, 2.45) is 0 Å². The summed E-state index contributed by atoms with van der Waals surface area (Å²) in [6, 6.07) is 26.5. The lowest BCUT2D eigenvalue weighted by Crippen LogP contribution is -2.35. The normalized spacial score (nSPS) is 13.8. The van der Waals surface area contributed by atoms with Crippen LogP contribution in [0.1, 0.15) is 50.2 Å². The fourth-order valence-corrected chi connectivity index (χ4v) is 6.98. The number of phenolic OH excluding ortho intramolecular Hbond substituents is 2. The average Bonchev–Trinajstić information content (AvgIpc) is 3.11. The number of aromatic nitrogens is 2. The molecule has 8 rings (SSSR count). The molecule has 0 saturated heterocycles. The van der Waals surface area contributed by atoms with E-state index in [0.29, 0.717) is 29.7 Å². The molecule has 0 radical (unpaired) electrons. The first-order chi connectivity index (χ1) is 23.3. The van der Waals surface area contributed by atoms with Crippen LogP contribution < -0.4 is 9.80 Å². The third-order valence-corrected chi connectivity index (χ3v) is 9.46. The molecule has 0 atom stereocenters. The number of hydrogen-bond donors (Lipinski definition) is 2. The summed E-state index contributed by atoms with van der Waals surface area (Å²) in [5.41, 5.74) is 6.81. The van der Waals surface area contributed by atoms with Crippen molar-refractivity contribution in [3.63, 3.8) is 0 Å². The lowest BCUT2D eigenvalue weighted by atomic mass is 9.98. The molecule has 2 amide bonds. The zero-order chi connectivity index (χ0) is 33.4. The van der Waals surface area contributed by atoms with Crippen LogP contribution in [0.5, 0.6) is 11.5 Å². The third kappa shape index (κ3) is 5.86. The summed E-state index contributed by atoms with van der Waals surface area (Å²) in [5, 5.41) is 22.7. The van der Waals surface area contributed by atoms with Crippen molar-refractivity contribution in [3.05, 3.63) is 130 Å². The Morgan fingerprint density at radius 1 is 0.667 bits per heavy atom. The standard InChI is InChI=1S/C20H18N2O2.C19H15BrN2O2/c1-13-6-7-14-5-3-11-22(17(14)12-13)20(24)16-9-8-15-4-2-10-21-18(15)19(16)23;20-14-6-8-16-13(11-14)4-2-10-22(16)19(24)15-7-5-12-3-1-9-21-17(12)18(15)23/h2,4,6-10,12,23H,3,5,11H2,1H3;1,3,5-9,11,23H,2,4,10H2. The summed E-state index contributed by atoms with van der Waals surface area (Å²) in [4.78, 5) is 38.0. The Morgan fingerprint density at radius 3 is 1.83 bits per heavy atom. The van der Waals surface area contributed by atoms with E-state index in [9.17, 15) is 19.8 Å². The SMILES string of the molecule is Cc1ccc2c(c1)N(C(=O)c1ccc3cccnc3c1O)CCC2.O=C(c1ccc2cccnc2c1O)N1CCCc2cc(Br)ccc21. The molecule has 2 aliphatic rings. The van der Waals surface area contributed by atoms with Gasteiger partial charge in [0.1, 0.15) is 11.0 Å². The van der Waals surface area contributed by atoms with Crippen molar-refractivity contribution >= 4 is 60.9 Å². The van der Waals surface area contributed by atoms with Crippen molar-refractivity contribution in [1.29, 1.82) is 0 Å². The molecule has 0 spiro atoms. The van der Waals surface area contributed by atoms with E-state index in [-0.39, 0.29) is 28.9 Å². The first-order valence-corrected chi connectivity index (χ1v) is 16.7.